The molecule has 2 heterocycles. The largest absolute Gasteiger partial charge is 0.364 e. The van der Waals surface area contributed by atoms with Crippen LogP contribution in [0.1, 0.15) is 25.1 Å². The molecule has 0 amide bonds. The van der Waals surface area contributed by atoms with Crippen molar-refractivity contribution in [1.29, 1.82) is 0 Å². The van der Waals surface area contributed by atoms with Gasteiger partial charge in [0.05, 0.1) is 0 Å². The van der Waals surface area contributed by atoms with Gasteiger partial charge in [-0.15, -0.1) is 24.8 Å². The molecule has 2 rings (SSSR count). The van der Waals surface area contributed by atoms with Crippen LogP contribution < -0.4 is 5.32 Å². The maximum absolute atomic E-state index is 3.39. The Balaban J connectivity index is 0.00000112. The molecule has 1 aliphatic heterocycles. The predicted octanol–water partition coefficient (Wildman–Crippen LogP) is 2.21. The van der Waals surface area contributed by atoms with Crippen LogP contribution in [0.4, 0.5) is 0 Å². The summed E-state index contributed by atoms with van der Waals surface area (Å²) in [6.07, 6.45) is 3.20. The van der Waals surface area contributed by atoms with Crippen molar-refractivity contribution in [3.63, 3.8) is 0 Å². The summed E-state index contributed by atoms with van der Waals surface area (Å²) >= 11 is 0. The standard InChI is InChI=1S/C11H19N3.2ClH/c1-2-11(10-4-3-5-13-10)14-8-6-12-7-9-14;;/h3-5,11-13H,2,6-9H2,1H3;2*1H/t11-;;/m0../s1. The van der Waals surface area contributed by atoms with Gasteiger partial charge in [-0.3, -0.25) is 4.90 Å². The number of halogens is 2. The number of hydrogen-bond donors (Lipinski definition) is 2. The third-order valence-electron chi connectivity index (χ3n) is 2.96. The first-order valence-electron chi connectivity index (χ1n) is 5.50. The van der Waals surface area contributed by atoms with E-state index in [4.69, 9.17) is 0 Å². The first kappa shape index (κ1) is 15.8. The van der Waals surface area contributed by atoms with E-state index in [-0.39, 0.29) is 24.8 Å². The second-order valence-corrected chi connectivity index (χ2v) is 3.84. The van der Waals surface area contributed by atoms with Crippen molar-refractivity contribution in [2.45, 2.75) is 19.4 Å². The van der Waals surface area contributed by atoms with Gasteiger partial charge in [0.25, 0.3) is 0 Å². The van der Waals surface area contributed by atoms with Gasteiger partial charge in [-0.1, -0.05) is 6.92 Å². The van der Waals surface area contributed by atoms with Gasteiger partial charge in [0, 0.05) is 44.1 Å². The molecular formula is C11H21Cl2N3. The molecule has 0 aliphatic carbocycles. The molecule has 5 heteroatoms. The molecule has 0 saturated carbocycles. The zero-order chi connectivity index (χ0) is 9.80. The summed E-state index contributed by atoms with van der Waals surface area (Å²) in [5.74, 6) is 0. The molecule has 0 radical (unpaired) electrons. The lowest BCUT2D eigenvalue weighted by molar-refractivity contribution is 0.166. The lowest BCUT2D eigenvalue weighted by Crippen LogP contribution is -2.45. The summed E-state index contributed by atoms with van der Waals surface area (Å²) in [5.41, 5.74) is 1.36. The summed E-state index contributed by atoms with van der Waals surface area (Å²) in [6.45, 7) is 6.83. The number of H-pyrrole nitrogens is 1. The topological polar surface area (TPSA) is 31.1 Å². The Morgan fingerprint density at radius 1 is 1.31 bits per heavy atom. The zero-order valence-corrected chi connectivity index (χ0v) is 11.2. The number of hydrogen-bond acceptors (Lipinski definition) is 2. The highest BCUT2D eigenvalue weighted by Crippen LogP contribution is 2.22. The Kier molecular flexibility index (Phi) is 7.85. The van der Waals surface area contributed by atoms with E-state index in [1.54, 1.807) is 0 Å². The predicted molar refractivity (Wildman–Crippen MR) is 72.8 cm³/mol. The lowest BCUT2D eigenvalue weighted by atomic mass is 10.1. The SMILES string of the molecule is CC[C@@H](c1ccc[nH]1)N1CCNCC1.Cl.Cl. The van der Waals surface area contributed by atoms with Crippen LogP contribution in [0.5, 0.6) is 0 Å². The van der Waals surface area contributed by atoms with E-state index < -0.39 is 0 Å². The Hall–Kier alpha value is -0.220. The number of aromatic nitrogens is 1. The van der Waals surface area contributed by atoms with Crippen molar-refractivity contribution in [1.82, 2.24) is 15.2 Å². The maximum Gasteiger partial charge on any atom is 0.0496 e. The number of nitrogens with one attached hydrogen (secondary N) is 2. The number of aromatic amines is 1. The minimum absolute atomic E-state index is 0. The highest BCUT2D eigenvalue weighted by molar-refractivity contribution is 5.85. The summed E-state index contributed by atoms with van der Waals surface area (Å²) in [6, 6.07) is 4.85. The molecule has 1 atom stereocenters. The fraction of sp³-hybridized carbons (Fsp3) is 0.636. The molecule has 0 spiro atoms. The zero-order valence-electron chi connectivity index (χ0n) is 9.61. The van der Waals surface area contributed by atoms with Crippen LogP contribution >= 0.6 is 24.8 Å². The summed E-state index contributed by atoms with van der Waals surface area (Å²) in [5, 5.41) is 3.39. The van der Waals surface area contributed by atoms with Crippen molar-refractivity contribution in [2.24, 2.45) is 0 Å². The maximum atomic E-state index is 3.39. The fourth-order valence-electron chi connectivity index (χ4n) is 2.22. The van der Waals surface area contributed by atoms with Gasteiger partial charge in [0.1, 0.15) is 0 Å². The van der Waals surface area contributed by atoms with Gasteiger partial charge in [-0.2, -0.15) is 0 Å². The Labute approximate surface area is 110 Å². The molecule has 0 unspecified atom stereocenters. The monoisotopic (exact) mass is 265 g/mol. The molecular weight excluding hydrogens is 245 g/mol. The smallest absolute Gasteiger partial charge is 0.0496 e. The minimum atomic E-state index is 0. The molecule has 0 bridgehead atoms. The highest BCUT2D eigenvalue weighted by atomic mass is 35.5. The Morgan fingerprint density at radius 3 is 2.50 bits per heavy atom. The van der Waals surface area contributed by atoms with Gasteiger partial charge in [0.15, 0.2) is 0 Å². The second-order valence-electron chi connectivity index (χ2n) is 3.84. The number of rotatable bonds is 3. The highest BCUT2D eigenvalue weighted by Gasteiger charge is 2.20. The molecule has 16 heavy (non-hydrogen) atoms. The summed E-state index contributed by atoms with van der Waals surface area (Å²) < 4.78 is 0. The van der Waals surface area contributed by atoms with Crippen LogP contribution in [0.25, 0.3) is 0 Å². The van der Waals surface area contributed by atoms with Gasteiger partial charge < -0.3 is 10.3 Å². The van der Waals surface area contributed by atoms with Gasteiger partial charge in [0.2, 0.25) is 0 Å². The molecule has 1 aromatic rings. The molecule has 0 aromatic carbocycles. The van der Waals surface area contributed by atoms with Crippen molar-refractivity contribution >= 4 is 24.8 Å². The van der Waals surface area contributed by atoms with Crippen LogP contribution in [0, 0.1) is 0 Å². The van der Waals surface area contributed by atoms with Crippen molar-refractivity contribution in [3.05, 3.63) is 24.0 Å². The molecule has 94 valence electrons. The van der Waals surface area contributed by atoms with Crippen LogP contribution in [0.2, 0.25) is 0 Å². The fourth-order valence-corrected chi connectivity index (χ4v) is 2.22. The number of nitrogens with zero attached hydrogens (tertiary/aromatic N) is 1. The Bertz CT molecular complexity index is 258. The van der Waals surface area contributed by atoms with Gasteiger partial charge in [-0.25, -0.2) is 0 Å². The quantitative estimate of drug-likeness (QED) is 0.879. The van der Waals surface area contributed by atoms with E-state index in [9.17, 15) is 0 Å². The average Bonchev–Trinajstić information content (AvgIpc) is 2.74. The van der Waals surface area contributed by atoms with E-state index in [0.717, 1.165) is 26.2 Å². The van der Waals surface area contributed by atoms with Gasteiger partial charge >= 0.3 is 0 Å². The first-order valence-corrected chi connectivity index (χ1v) is 5.50. The van der Waals surface area contributed by atoms with Crippen LogP contribution in [-0.2, 0) is 0 Å². The molecule has 2 N–H and O–H groups in total. The lowest BCUT2D eigenvalue weighted by Gasteiger charge is -2.33. The minimum Gasteiger partial charge on any atom is -0.364 e. The second kappa shape index (κ2) is 7.96. The van der Waals surface area contributed by atoms with Crippen molar-refractivity contribution in [3.8, 4) is 0 Å². The average molecular weight is 266 g/mol. The normalized spacial score (nSPS) is 18.3. The molecule has 3 nitrogen and oxygen atoms in total. The van der Waals surface area contributed by atoms with Gasteiger partial charge in [-0.05, 0) is 18.6 Å². The third-order valence-corrected chi connectivity index (χ3v) is 2.96. The van der Waals surface area contributed by atoms with Crippen molar-refractivity contribution in [2.75, 3.05) is 26.2 Å². The van der Waals surface area contributed by atoms with E-state index in [2.05, 4.69) is 34.3 Å². The van der Waals surface area contributed by atoms with Crippen LogP contribution in [-0.4, -0.2) is 36.1 Å². The van der Waals surface area contributed by atoms with E-state index in [0.29, 0.717) is 6.04 Å². The third kappa shape index (κ3) is 3.67. The van der Waals surface area contributed by atoms with Crippen LogP contribution in [0.3, 0.4) is 0 Å². The summed E-state index contributed by atoms with van der Waals surface area (Å²) in [4.78, 5) is 5.88. The molecule has 1 fully saturated rings. The molecule has 1 saturated heterocycles. The van der Waals surface area contributed by atoms with E-state index in [1.807, 2.05) is 6.20 Å². The Morgan fingerprint density at radius 2 is 2.00 bits per heavy atom. The van der Waals surface area contributed by atoms with E-state index in [1.165, 1.54) is 12.1 Å². The molecule has 1 aromatic heterocycles. The molecule has 1 aliphatic rings. The van der Waals surface area contributed by atoms with E-state index >= 15 is 0 Å². The first-order chi connectivity index (χ1) is 6.92. The number of piperazine rings is 1. The van der Waals surface area contributed by atoms with Crippen molar-refractivity contribution < 1.29 is 0 Å². The van der Waals surface area contributed by atoms with Crippen LogP contribution in [0.15, 0.2) is 18.3 Å². The summed E-state index contributed by atoms with van der Waals surface area (Å²) in [7, 11) is 0.